The third-order valence-corrected chi connectivity index (χ3v) is 6.93. The van der Waals surface area contributed by atoms with E-state index in [0.29, 0.717) is 25.3 Å². The van der Waals surface area contributed by atoms with Gasteiger partial charge in [-0.05, 0) is 64.4 Å². The third-order valence-electron chi connectivity index (χ3n) is 6.93. The molecule has 7 heteroatoms. The fourth-order valence-corrected chi connectivity index (χ4v) is 5.24. The molecular formula is C26H38N2O5. The van der Waals surface area contributed by atoms with Gasteiger partial charge >= 0.3 is 6.09 Å². The van der Waals surface area contributed by atoms with Gasteiger partial charge in [0.05, 0.1) is 12.7 Å². The Hall–Kier alpha value is -2.41. The second-order valence-electron chi connectivity index (χ2n) is 10.4. The summed E-state index contributed by atoms with van der Waals surface area (Å²) in [7, 11) is 0. The van der Waals surface area contributed by atoms with Crippen molar-refractivity contribution in [2.24, 2.45) is 0 Å². The van der Waals surface area contributed by atoms with E-state index < -0.39 is 23.3 Å². The maximum absolute atomic E-state index is 13.0. The molecule has 1 aliphatic heterocycles. The number of nitrogens with zero attached hydrogens (tertiary/aromatic N) is 2. The van der Waals surface area contributed by atoms with Gasteiger partial charge < -0.3 is 9.47 Å². The molecule has 1 amide bonds. The highest BCUT2D eigenvalue weighted by Gasteiger charge is 2.56. The molecule has 1 aromatic rings. The number of hydrogen-bond donors (Lipinski definition) is 0. The predicted molar refractivity (Wildman–Crippen MR) is 128 cm³/mol. The molecule has 1 saturated heterocycles. The molecule has 2 unspecified atom stereocenters. The average molecular weight is 459 g/mol. The molecule has 2 atom stereocenters. The third kappa shape index (κ3) is 6.14. The van der Waals surface area contributed by atoms with E-state index in [1.54, 1.807) is 26.8 Å². The van der Waals surface area contributed by atoms with E-state index in [9.17, 15) is 14.9 Å². The average Bonchev–Trinajstić information content (AvgIpc) is 2.78. The van der Waals surface area contributed by atoms with Gasteiger partial charge in [0, 0.05) is 24.3 Å². The van der Waals surface area contributed by atoms with Crippen LogP contribution in [0, 0.1) is 10.1 Å². The molecule has 1 saturated carbocycles. The molecule has 0 radical (unpaired) electrons. The smallest absolute Gasteiger partial charge is 0.410 e. The number of likely N-dealkylation sites (tertiary alicyclic amines) is 1. The minimum absolute atomic E-state index is 0.0422. The summed E-state index contributed by atoms with van der Waals surface area (Å²) in [6.45, 7) is 9.72. The minimum Gasteiger partial charge on any atom is -0.444 e. The second-order valence-corrected chi connectivity index (χ2v) is 10.4. The lowest BCUT2D eigenvalue weighted by Gasteiger charge is -2.44. The molecule has 2 aliphatic rings. The zero-order valence-electron chi connectivity index (χ0n) is 20.2. The largest absolute Gasteiger partial charge is 0.444 e. The van der Waals surface area contributed by atoms with Crippen molar-refractivity contribution >= 4 is 6.09 Å². The van der Waals surface area contributed by atoms with Gasteiger partial charge in [-0.15, -0.1) is 6.58 Å². The number of hydrogen-bond acceptors (Lipinski definition) is 5. The number of carbonyl (C=O) groups is 1. The zero-order chi connectivity index (χ0) is 24.1. The predicted octanol–water partition coefficient (Wildman–Crippen LogP) is 5.72. The maximum atomic E-state index is 13.0. The molecule has 33 heavy (non-hydrogen) atoms. The first kappa shape index (κ1) is 25.2. The first-order valence-electron chi connectivity index (χ1n) is 12.1. The maximum Gasteiger partial charge on any atom is 0.410 e. The van der Waals surface area contributed by atoms with E-state index in [4.69, 9.17) is 9.47 Å². The summed E-state index contributed by atoms with van der Waals surface area (Å²) in [4.78, 5) is 26.6. The van der Waals surface area contributed by atoms with Crippen LogP contribution < -0.4 is 0 Å². The Balaban J connectivity index is 1.71. The topological polar surface area (TPSA) is 81.9 Å². The van der Waals surface area contributed by atoms with Crippen LogP contribution in [0.3, 0.4) is 0 Å². The van der Waals surface area contributed by atoms with Crippen molar-refractivity contribution < 1.29 is 19.2 Å². The Bertz CT molecular complexity index is 814. The summed E-state index contributed by atoms with van der Waals surface area (Å²) in [6.07, 6.45) is 6.11. The summed E-state index contributed by atoms with van der Waals surface area (Å²) in [5.74, 6) is 0.526. The SMILES string of the molecule is C=CCC1([N+](=O)[O-])CCCN(C(=O)OC(C)(C)C)C1COC1CCC(c2ccccc2)CC1. The second kappa shape index (κ2) is 10.7. The van der Waals surface area contributed by atoms with Crippen molar-refractivity contribution in [3.05, 3.63) is 58.7 Å². The van der Waals surface area contributed by atoms with Crippen LogP contribution in [0.2, 0.25) is 0 Å². The number of carbonyl (C=O) groups excluding carboxylic acids is 1. The highest BCUT2D eigenvalue weighted by atomic mass is 16.6. The summed E-state index contributed by atoms with van der Waals surface area (Å²) in [5, 5.41) is 12.3. The van der Waals surface area contributed by atoms with Gasteiger partial charge in [-0.25, -0.2) is 4.79 Å². The molecule has 2 fully saturated rings. The van der Waals surface area contributed by atoms with Gasteiger partial charge in [0.1, 0.15) is 11.6 Å². The van der Waals surface area contributed by atoms with Gasteiger partial charge in [-0.1, -0.05) is 36.4 Å². The fraction of sp³-hybridized carbons (Fsp3) is 0.654. The zero-order valence-corrected chi connectivity index (χ0v) is 20.2. The molecular weight excluding hydrogens is 420 g/mol. The Morgan fingerprint density at radius 2 is 1.91 bits per heavy atom. The van der Waals surface area contributed by atoms with Crippen LogP contribution in [0.5, 0.6) is 0 Å². The van der Waals surface area contributed by atoms with E-state index in [0.717, 1.165) is 25.7 Å². The van der Waals surface area contributed by atoms with Crippen molar-refractivity contribution in [2.75, 3.05) is 13.2 Å². The summed E-state index contributed by atoms with van der Waals surface area (Å²) in [6, 6.07) is 9.83. The van der Waals surface area contributed by atoms with Crippen LogP contribution in [0.25, 0.3) is 0 Å². The van der Waals surface area contributed by atoms with E-state index >= 15 is 0 Å². The number of benzene rings is 1. The van der Waals surface area contributed by atoms with Gasteiger partial charge in [-0.2, -0.15) is 0 Å². The minimum atomic E-state index is -1.31. The molecule has 182 valence electrons. The highest BCUT2D eigenvalue weighted by Crippen LogP contribution is 2.38. The lowest BCUT2D eigenvalue weighted by atomic mass is 9.79. The molecule has 0 N–H and O–H groups in total. The van der Waals surface area contributed by atoms with Crippen LogP contribution in [0.4, 0.5) is 4.79 Å². The van der Waals surface area contributed by atoms with Crippen molar-refractivity contribution in [1.82, 2.24) is 4.90 Å². The molecule has 7 nitrogen and oxygen atoms in total. The van der Waals surface area contributed by atoms with Gasteiger partial charge in [0.25, 0.3) is 0 Å². The number of ether oxygens (including phenoxy) is 2. The fourth-order valence-electron chi connectivity index (χ4n) is 5.24. The number of rotatable bonds is 7. The van der Waals surface area contributed by atoms with E-state index in [-0.39, 0.29) is 24.1 Å². The number of amides is 1. The number of nitro groups is 1. The van der Waals surface area contributed by atoms with Crippen LogP contribution in [-0.2, 0) is 9.47 Å². The van der Waals surface area contributed by atoms with E-state index in [1.165, 1.54) is 10.5 Å². The Labute approximate surface area is 197 Å². The van der Waals surface area contributed by atoms with Gasteiger partial charge in [0.15, 0.2) is 0 Å². The first-order chi connectivity index (χ1) is 15.7. The molecule has 1 heterocycles. The summed E-state index contributed by atoms with van der Waals surface area (Å²) < 4.78 is 11.9. The van der Waals surface area contributed by atoms with E-state index in [1.807, 2.05) is 6.07 Å². The molecule has 0 spiro atoms. The Kier molecular flexibility index (Phi) is 8.16. The normalized spacial score (nSPS) is 28.2. The summed E-state index contributed by atoms with van der Waals surface area (Å²) in [5.41, 5.74) is -0.624. The van der Waals surface area contributed by atoms with Crippen LogP contribution in [-0.4, -0.2) is 52.4 Å². The lowest BCUT2D eigenvalue weighted by Crippen LogP contribution is -2.64. The quantitative estimate of drug-likeness (QED) is 0.296. The van der Waals surface area contributed by atoms with E-state index in [2.05, 4.69) is 30.8 Å². The van der Waals surface area contributed by atoms with Crippen LogP contribution in [0.1, 0.15) is 77.2 Å². The summed E-state index contributed by atoms with van der Waals surface area (Å²) >= 11 is 0. The standard InChI is InChI=1S/C26H38N2O5/c1-5-16-26(28(30)31)17-9-18-27(24(29)33-25(2,3)4)23(26)19-32-22-14-12-21(13-15-22)20-10-7-6-8-11-20/h5-8,10-11,21-23H,1,9,12-19H2,2-4H3. The van der Waals surface area contributed by atoms with Crippen LogP contribution >= 0.6 is 0 Å². The van der Waals surface area contributed by atoms with Gasteiger partial charge in [-0.3, -0.25) is 15.0 Å². The van der Waals surface area contributed by atoms with Gasteiger partial charge in [0.2, 0.25) is 5.54 Å². The Morgan fingerprint density at radius 3 is 2.48 bits per heavy atom. The lowest BCUT2D eigenvalue weighted by molar-refractivity contribution is -0.582. The van der Waals surface area contributed by atoms with Crippen LogP contribution in [0.15, 0.2) is 43.0 Å². The first-order valence-corrected chi connectivity index (χ1v) is 12.1. The van der Waals surface area contributed by atoms with Crippen molar-refractivity contribution in [3.63, 3.8) is 0 Å². The molecule has 1 aliphatic carbocycles. The number of piperidine rings is 1. The van der Waals surface area contributed by atoms with Crippen molar-refractivity contribution in [2.45, 2.75) is 94.9 Å². The molecule has 0 bridgehead atoms. The monoisotopic (exact) mass is 458 g/mol. The molecule has 3 rings (SSSR count). The van der Waals surface area contributed by atoms with Crippen molar-refractivity contribution in [1.29, 1.82) is 0 Å². The molecule has 0 aromatic heterocycles. The van der Waals surface area contributed by atoms with Crippen molar-refractivity contribution in [3.8, 4) is 0 Å². The Morgan fingerprint density at radius 1 is 1.24 bits per heavy atom. The highest BCUT2D eigenvalue weighted by molar-refractivity contribution is 5.69. The molecule has 1 aromatic carbocycles.